The van der Waals surface area contributed by atoms with E-state index in [0.29, 0.717) is 5.91 Å². The van der Waals surface area contributed by atoms with E-state index in [2.05, 4.69) is 35.0 Å². The smallest absolute Gasteiger partial charge is 0.226 e. The Bertz CT molecular complexity index is 491. The molecule has 3 rings (SSSR count). The highest BCUT2D eigenvalue weighted by atomic mass is 32.1. The Morgan fingerprint density at radius 3 is 2.05 bits per heavy atom. The maximum absolute atomic E-state index is 12.7. The number of carbonyl (C=O) groups excluding carboxylic acids is 1. The molecule has 0 aliphatic heterocycles. The van der Waals surface area contributed by atoms with E-state index in [9.17, 15) is 4.79 Å². The van der Waals surface area contributed by atoms with Crippen molar-refractivity contribution in [2.24, 2.45) is 5.92 Å². The fraction of sp³-hybridized carbons (Fsp3) is 0.438. The van der Waals surface area contributed by atoms with Gasteiger partial charge >= 0.3 is 0 Å². The molecule has 20 heavy (non-hydrogen) atoms. The summed E-state index contributed by atoms with van der Waals surface area (Å²) in [5.41, 5.74) is 0. The summed E-state index contributed by atoms with van der Waals surface area (Å²) in [4.78, 5) is 17.3. The second-order valence-electron chi connectivity index (χ2n) is 5.33. The molecule has 0 unspecified atom stereocenters. The third kappa shape index (κ3) is 3.30. The van der Waals surface area contributed by atoms with E-state index >= 15 is 0 Å². The molecule has 4 heteroatoms. The number of amides is 1. The second kappa shape index (κ2) is 6.55. The zero-order valence-electron chi connectivity index (χ0n) is 11.5. The first-order valence-electron chi connectivity index (χ1n) is 7.16. The van der Waals surface area contributed by atoms with Crippen LogP contribution in [0.15, 0.2) is 35.0 Å². The average Bonchev–Trinajstić information content (AvgIpc) is 3.20. The summed E-state index contributed by atoms with van der Waals surface area (Å²) in [5.74, 6) is 0.610. The summed E-state index contributed by atoms with van der Waals surface area (Å²) < 4.78 is 0. The van der Waals surface area contributed by atoms with Gasteiger partial charge in [-0.2, -0.15) is 0 Å². The van der Waals surface area contributed by atoms with Crippen molar-refractivity contribution < 1.29 is 4.79 Å². The minimum Gasteiger partial charge on any atom is -0.332 e. The van der Waals surface area contributed by atoms with Gasteiger partial charge in [0.2, 0.25) is 5.91 Å². The standard InChI is InChI=1S/C16H19NOS2/c18-16(13-5-1-2-6-13)17(11-14-7-3-9-19-14)12-15-8-4-10-20-15/h3-4,7-10,13H,1-2,5-6,11-12H2. The molecule has 0 saturated heterocycles. The SMILES string of the molecule is O=C(C1CCCC1)N(Cc1cccs1)Cc1cccs1. The van der Waals surface area contributed by atoms with Crippen LogP contribution in [0.25, 0.3) is 0 Å². The molecule has 0 aromatic carbocycles. The summed E-state index contributed by atoms with van der Waals surface area (Å²) in [6.07, 6.45) is 4.57. The van der Waals surface area contributed by atoms with Gasteiger partial charge in [0.25, 0.3) is 0 Å². The van der Waals surface area contributed by atoms with E-state index in [0.717, 1.165) is 25.9 Å². The van der Waals surface area contributed by atoms with Crippen LogP contribution in [0.3, 0.4) is 0 Å². The van der Waals surface area contributed by atoms with Crippen molar-refractivity contribution in [2.45, 2.75) is 38.8 Å². The topological polar surface area (TPSA) is 20.3 Å². The second-order valence-corrected chi connectivity index (χ2v) is 7.40. The molecule has 2 nitrogen and oxygen atoms in total. The lowest BCUT2D eigenvalue weighted by Gasteiger charge is -2.24. The number of carbonyl (C=O) groups is 1. The van der Waals surface area contributed by atoms with Crippen LogP contribution >= 0.6 is 22.7 Å². The van der Waals surface area contributed by atoms with Crippen molar-refractivity contribution in [1.82, 2.24) is 4.90 Å². The summed E-state index contributed by atoms with van der Waals surface area (Å²) >= 11 is 3.47. The normalized spacial score (nSPS) is 15.6. The molecule has 106 valence electrons. The van der Waals surface area contributed by atoms with Crippen molar-refractivity contribution in [1.29, 1.82) is 0 Å². The molecule has 0 radical (unpaired) electrons. The molecule has 0 bridgehead atoms. The first-order valence-corrected chi connectivity index (χ1v) is 8.92. The van der Waals surface area contributed by atoms with Crippen LogP contribution in [0, 0.1) is 5.92 Å². The Morgan fingerprint density at radius 1 is 1.05 bits per heavy atom. The molecule has 0 atom stereocenters. The molecule has 1 fully saturated rings. The quantitative estimate of drug-likeness (QED) is 0.795. The maximum atomic E-state index is 12.7. The van der Waals surface area contributed by atoms with Crippen LogP contribution in [0.1, 0.15) is 35.4 Å². The lowest BCUT2D eigenvalue weighted by Crippen LogP contribution is -2.34. The Kier molecular flexibility index (Phi) is 4.53. The summed E-state index contributed by atoms with van der Waals surface area (Å²) in [7, 11) is 0. The molecule has 2 aromatic heterocycles. The molecule has 1 saturated carbocycles. The molecule has 1 aliphatic carbocycles. The summed E-state index contributed by atoms with van der Waals surface area (Å²) in [5, 5.41) is 4.16. The highest BCUT2D eigenvalue weighted by Gasteiger charge is 2.27. The van der Waals surface area contributed by atoms with Crippen LogP contribution in [0.5, 0.6) is 0 Å². The van der Waals surface area contributed by atoms with Gasteiger partial charge in [-0.25, -0.2) is 0 Å². The number of rotatable bonds is 5. The van der Waals surface area contributed by atoms with Gasteiger partial charge in [-0.15, -0.1) is 22.7 Å². The van der Waals surface area contributed by atoms with Gasteiger partial charge in [-0.05, 0) is 35.7 Å². The van der Waals surface area contributed by atoms with E-state index in [1.54, 1.807) is 22.7 Å². The van der Waals surface area contributed by atoms with Crippen molar-refractivity contribution >= 4 is 28.6 Å². The molecular weight excluding hydrogens is 286 g/mol. The minimum atomic E-state index is 0.259. The fourth-order valence-electron chi connectivity index (χ4n) is 2.82. The lowest BCUT2D eigenvalue weighted by molar-refractivity contribution is -0.136. The Morgan fingerprint density at radius 2 is 1.60 bits per heavy atom. The van der Waals surface area contributed by atoms with Crippen molar-refractivity contribution in [3.05, 3.63) is 44.8 Å². The molecule has 0 N–H and O–H groups in total. The predicted molar refractivity (Wildman–Crippen MR) is 84.9 cm³/mol. The van der Waals surface area contributed by atoms with Gasteiger partial charge in [0.1, 0.15) is 0 Å². The van der Waals surface area contributed by atoms with Crippen LogP contribution < -0.4 is 0 Å². The molecule has 1 amide bonds. The highest BCUT2D eigenvalue weighted by Crippen LogP contribution is 2.28. The predicted octanol–water partition coefficient (Wildman–Crippen LogP) is 4.53. The molecule has 1 aliphatic rings. The lowest BCUT2D eigenvalue weighted by atomic mass is 10.1. The summed E-state index contributed by atoms with van der Waals surface area (Å²) in [6.45, 7) is 1.51. The van der Waals surface area contributed by atoms with Gasteiger partial charge < -0.3 is 4.90 Å². The molecule has 2 heterocycles. The number of thiophene rings is 2. The van der Waals surface area contributed by atoms with Crippen molar-refractivity contribution in [3.8, 4) is 0 Å². The first-order chi connectivity index (χ1) is 9.83. The monoisotopic (exact) mass is 305 g/mol. The molecule has 0 spiro atoms. The van der Waals surface area contributed by atoms with Gasteiger partial charge in [0.15, 0.2) is 0 Å². The largest absolute Gasteiger partial charge is 0.332 e. The minimum absolute atomic E-state index is 0.259. The van der Waals surface area contributed by atoms with E-state index in [4.69, 9.17) is 0 Å². The average molecular weight is 305 g/mol. The van der Waals surface area contributed by atoms with E-state index in [-0.39, 0.29) is 5.92 Å². The Hall–Kier alpha value is -1.13. The summed E-state index contributed by atoms with van der Waals surface area (Å²) in [6, 6.07) is 8.36. The third-order valence-electron chi connectivity index (χ3n) is 3.87. The number of hydrogen-bond acceptors (Lipinski definition) is 3. The molecule has 2 aromatic rings. The number of hydrogen-bond donors (Lipinski definition) is 0. The maximum Gasteiger partial charge on any atom is 0.226 e. The first kappa shape index (κ1) is 13.8. The van der Waals surface area contributed by atoms with E-state index in [1.807, 2.05) is 4.90 Å². The van der Waals surface area contributed by atoms with Gasteiger partial charge in [0, 0.05) is 15.7 Å². The van der Waals surface area contributed by atoms with Crippen molar-refractivity contribution in [2.75, 3.05) is 0 Å². The van der Waals surface area contributed by atoms with Gasteiger partial charge in [-0.3, -0.25) is 4.79 Å². The van der Waals surface area contributed by atoms with Crippen LogP contribution in [0.2, 0.25) is 0 Å². The van der Waals surface area contributed by atoms with Gasteiger partial charge in [-0.1, -0.05) is 25.0 Å². The highest BCUT2D eigenvalue weighted by molar-refractivity contribution is 7.10. The molecular formula is C16H19NOS2. The van der Waals surface area contributed by atoms with Crippen LogP contribution in [0.4, 0.5) is 0 Å². The van der Waals surface area contributed by atoms with Gasteiger partial charge in [0.05, 0.1) is 13.1 Å². The Balaban J connectivity index is 1.73. The Labute approximate surface area is 128 Å². The zero-order valence-corrected chi connectivity index (χ0v) is 13.1. The third-order valence-corrected chi connectivity index (χ3v) is 5.59. The van der Waals surface area contributed by atoms with Crippen molar-refractivity contribution in [3.63, 3.8) is 0 Å². The number of nitrogens with zero attached hydrogens (tertiary/aromatic N) is 1. The van der Waals surface area contributed by atoms with Crippen LogP contribution in [-0.4, -0.2) is 10.8 Å². The van der Waals surface area contributed by atoms with E-state index in [1.165, 1.54) is 22.6 Å². The zero-order chi connectivity index (χ0) is 13.8. The van der Waals surface area contributed by atoms with E-state index < -0.39 is 0 Å². The van der Waals surface area contributed by atoms with Crippen LogP contribution in [-0.2, 0) is 17.9 Å². The fourth-order valence-corrected chi connectivity index (χ4v) is 4.26.